The van der Waals surface area contributed by atoms with Crippen LogP contribution in [0.1, 0.15) is 26.7 Å². The topological polar surface area (TPSA) is 63.6 Å². The fourth-order valence-corrected chi connectivity index (χ4v) is 0.823. The summed E-state index contributed by atoms with van der Waals surface area (Å²) < 4.78 is 15.2. The van der Waals surface area contributed by atoms with E-state index in [1.54, 1.807) is 0 Å². The van der Waals surface area contributed by atoms with E-state index < -0.39 is 0 Å². The summed E-state index contributed by atoms with van der Waals surface area (Å²) in [7, 11) is 0. The SMILES string of the molecule is CCCNCOCOCC(=N)OCCC. The minimum atomic E-state index is 0.155. The Balaban J connectivity index is 3.06. The van der Waals surface area contributed by atoms with Crippen LogP contribution in [0.15, 0.2) is 0 Å². The van der Waals surface area contributed by atoms with E-state index in [4.69, 9.17) is 19.6 Å². The molecule has 0 spiro atoms. The van der Waals surface area contributed by atoms with E-state index in [0.717, 1.165) is 19.4 Å². The van der Waals surface area contributed by atoms with Gasteiger partial charge >= 0.3 is 0 Å². The summed E-state index contributed by atoms with van der Waals surface area (Å²) in [6.45, 7) is 6.45. The first kappa shape index (κ1) is 14.3. The maximum atomic E-state index is 7.32. The van der Waals surface area contributed by atoms with Crippen LogP contribution in [0, 0.1) is 5.41 Å². The molecule has 2 N–H and O–H groups in total. The Morgan fingerprint density at radius 2 is 2.00 bits per heavy atom. The largest absolute Gasteiger partial charge is 0.479 e. The highest BCUT2D eigenvalue weighted by molar-refractivity contribution is 5.73. The van der Waals surface area contributed by atoms with E-state index in [9.17, 15) is 0 Å². The average molecular weight is 218 g/mol. The third-order valence-electron chi connectivity index (χ3n) is 1.51. The van der Waals surface area contributed by atoms with Crippen LogP contribution >= 0.6 is 0 Å². The van der Waals surface area contributed by atoms with Gasteiger partial charge in [-0.3, -0.25) is 10.7 Å². The summed E-state index contributed by atoms with van der Waals surface area (Å²) in [4.78, 5) is 0. The molecular weight excluding hydrogens is 196 g/mol. The van der Waals surface area contributed by atoms with Crippen LogP contribution in [0.2, 0.25) is 0 Å². The first-order chi connectivity index (χ1) is 7.31. The van der Waals surface area contributed by atoms with Crippen LogP contribution in [0.3, 0.4) is 0 Å². The van der Waals surface area contributed by atoms with Crippen LogP contribution in [0.25, 0.3) is 0 Å². The molecule has 0 bridgehead atoms. The molecule has 0 aromatic rings. The second-order valence-corrected chi connectivity index (χ2v) is 3.09. The quantitative estimate of drug-likeness (QED) is 0.251. The fraction of sp³-hybridized carbons (Fsp3) is 0.900. The Kier molecular flexibility index (Phi) is 10.9. The molecule has 0 aromatic heterocycles. The highest BCUT2D eigenvalue weighted by Gasteiger charge is 1.96. The summed E-state index contributed by atoms with van der Waals surface area (Å²) >= 11 is 0. The molecule has 0 aromatic carbocycles. The van der Waals surface area contributed by atoms with Gasteiger partial charge in [0.05, 0.1) is 13.3 Å². The van der Waals surface area contributed by atoms with Gasteiger partial charge in [0, 0.05) is 0 Å². The van der Waals surface area contributed by atoms with Crippen molar-refractivity contribution < 1.29 is 14.2 Å². The molecule has 15 heavy (non-hydrogen) atoms. The highest BCUT2D eigenvalue weighted by atomic mass is 16.7. The molecule has 0 radical (unpaired) electrons. The zero-order chi connectivity index (χ0) is 11.4. The van der Waals surface area contributed by atoms with Gasteiger partial charge in [0.25, 0.3) is 0 Å². The van der Waals surface area contributed by atoms with E-state index >= 15 is 0 Å². The minimum Gasteiger partial charge on any atom is -0.479 e. The molecule has 0 atom stereocenters. The Morgan fingerprint density at radius 1 is 1.20 bits per heavy atom. The predicted octanol–water partition coefficient (Wildman–Crippen LogP) is 1.34. The van der Waals surface area contributed by atoms with E-state index in [1.165, 1.54) is 0 Å². The van der Waals surface area contributed by atoms with Crippen molar-refractivity contribution >= 4 is 5.90 Å². The molecule has 0 saturated heterocycles. The van der Waals surface area contributed by atoms with Gasteiger partial charge in [-0.05, 0) is 19.4 Å². The fourth-order valence-electron chi connectivity index (χ4n) is 0.823. The molecular formula is C10H22N2O3. The molecule has 0 saturated carbocycles. The molecule has 0 aliphatic rings. The lowest BCUT2D eigenvalue weighted by atomic mass is 10.5. The van der Waals surface area contributed by atoms with E-state index in [2.05, 4.69) is 12.2 Å². The Bertz CT molecular complexity index is 154. The van der Waals surface area contributed by atoms with Crippen LogP contribution in [0.5, 0.6) is 0 Å². The Morgan fingerprint density at radius 3 is 2.67 bits per heavy atom. The van der Waals surface area contributed by atoms with Gasteiger partial charge < -0.3 is 14.2 Å². The van der Waals surface area contributed by atoms with Crippen molar-refractivity contribution in [2.24, 2.45) is 0 Å². The third-order valence-corrected chi connectivity index (χ3v) is 1.51. The average Bonchev–Trinajstić information content (AvgIpc) is 2.25. The first-order valence-electron chi connectivity index (χ1n) is 5.37. The van der Waals surface area contributed by atoms with Crippen molar-refractivity contribution in [3.05, 3.63) is 0 Å². The predicted molar refractivity (Wildman–Crippen MR) is 59.0 cm³/mol. The normalized spacial score (nSPS) is 10.3. The third kappa shape index (κ3) is 11.3. The lowest BCUT2D eigenvalue weighted by Crippen LogP contribution is -2.21. The van der Waals surface area contributed by atoms with Gasteiger partial charge in [0.2, 0.25) is 5.90 Å². The van der Waals surface area contributed by atoms with E-state index in [1.807, 2.05) is 6.92 Å². The summed E-state index contributed by atoms with van der Waals surface area (Å²) in [5.74, 6) is 0.155. The molecule has 0 rings (SSSR count). The first-order valence-corrected chi connectivity index (χ1v) is 5.37. The zero-order valence-corrected chi connectivity index (χ0v) is 9.67. The number of nitrogens with one attached hydrogen (secondary N) is 2. The number of rotatable bonds is 10. The van der Waals surface area contributed by atoms with Crippen molar-refractivity contribution in [3.63, 3.8) is 0 Å². The molecule has 0 amide bonds. The lowest BCUT2D eigenvalue weighted by molar-refractivity contribution is -0.0501. The van der Waals surface area contributed by atoms with Crippen molar-refractivity contribution in [2.45, 2.75) is 26.7 Å². The number of ether oxygens (including phenoxy) is 3. The molecule has 5 heteroatoms. The van der Waals surface area contributed by atoms with Gasteiger partial charge in [-0.25, -0.2) is 0 Å². The van der Waals surface area contributed by atoms with Crippen LogP contribution in [0.4, 0.5) is 0 Å². The van der Waals surface area contributed by atoms with Gasteiger partial charge in [-0.2, -0.15) is 0 Å². The van der Waals surface area contributed by atoms with E-state index in [-0.39, 0.29) is 19.3 Å². The summed E-state index contributed by atoms with van der Waals surface area (Å²) in [6.07, 6.45) is 1.99. The molecule has 0 heterocycles. The van der Waals surface area contributed by atoms with Crippen LogP contribution in [-0.2, 0) is 14.2 Å². The Hall–Kier alpha value is -0.650. The molecule has 0 aliphatic heterocycles. The van der Waals surface area contributed by atoms with Crippen molar-refractivity contribution in [1.29, 1.82) is 5.41 Å². The zero-order valence-electron chi connectivity index (χ0n) is 9.67. The molecule has 0 aliphatic carbocycles. The number of hydrogen-bond donors (Lipinski definition) is 2. The molecule has 5 nitrogen and oxygen atoms in total. The Labute approximate surface area is 91.6 Å². The second-order valence-electron chi connectivity index (χ2n) is 3.09. The molecule has 90 valence electrons. The smallest absolute Gasteiger partial charge is 0.207 e. The maximum Gasteiger partial charge on any atom is 0.207 e. The van der Waals surface area contributed by atoms with Gasteiger partial charge in [0.15, 0.2) is 0 Å². The maximum absolute atomic E-state index is 7.32. The van der Waals surface area contributed by atoms with Crippen molar-refractivity contribution in [1.82, 2.24) is 5.32 Å². The van der Waals surface area contributed by atoms with Gasteiger partial charge in [-0.15, -0.1) is 0 Å². The molecule has 0 unspecified atom stereocenters. The van der Waals surface area contributed by atoms with Crippen LogP contribution in [-0.4, -0.2) is 39.2 Å². The monoisotopic (exact) mass is 218 g/mol. The molecule has 0 fully saturated rings. The van der Waals surface area contributed by atoms with Crippen molar-refractivity contribution in [3.8, 4) is 0 Å². The van der Waals surface area contributed by atoms with Gasteiger partial charge in [-0.1, -0.05) is 13.8 Å². The second kappa shape index (κ2) is 11.4. The van der Waals surface area contributed by atoms with Crippen LogP contribution < -0.4 is 5.32 Å². The summed E-state index contributed by atoms with van der Waals surface area (Å²) in [5, 5.41) is 10.4. The minimum absolute atomic E-state index is 0.155. The van der Waals surface area contributed by atoms with E-state index in [0.29, 0.717) is 13.3 Å². The summed E-state index contributed by atoms with van der Waals surface area (Å²) in [6, 6.07) is 0. The highest BCUT2D eigenvalue weighted by Crippen LogP contribution is 1.85. The lowest BCUT2D eigenvalue weighted by Gasteiger charge is -2.08. The standard InChI is InChI=1S/C10H22N2O3/c1-3-5-12-8-14-9-13-7-10(11)15-6-4-2/h11-12H,3-9H2,1-2H3. The number of hydrogen-bond acceptors (Lipinski definition) is 5. The van der Waals surface area contributed by atoms with Gasteiger partial charge in [0.1, 0.15) is 13.4 Å². The summed E-state index contributed by atoms with van der Waals surface area (Å²) in [5.41, 5.74) is 0. The van der Waals surface area contributed by atoms with Crippen molar-refractivity contribution in [2.75, 3.05) is 33.3 Å².